The summed E-state index contributed by atoms with van der Waals surface area (Å²) in [6.07, 6.45) is 7.64. The van der Waals surface area contributed by atoms with Gasteiger partial charge in [-0.2, -0.15) is 0 Å². The van der Waals surface area contributed by atoms with Crippen LogP contribution < -0.4 is 0 Å². The van der Waals surface area contributed by atoms with Crippen molar-refractivity contribution >= 4 is 10.9 Å². The minimum absolute atomic E-state index is 0.0499. The summed E-state index contributed by atoms with van der Waals surface area (Å²) in [5, 5.41) is 1.40. The number of benzene rings is 3. The molecule has 6 rings (SSSR count). The van der Waals surface area contributed by atoms with Crippen molar-refractivity contribution in [2.24, 2.45) is 13.0 Å². The molecule has 1 nitrogen and oxygen atoms in total. The van der Waals surface area contributed by atoms with Crippen molar-refractivity contribution in [2.75, 3.05) is 0 Å². The zero-order valence-corrected chi connectivity index (χ0v) is 17.7. The summed E-state index contributed by atoms with van der Waals surface area (Å²) in [5.74, 6) is 0.668. The molecule has 1 heteroatoms. The van der Waals surface area contributed by atoms with Crippen molar-refractivity contribution in [1.82, 2.24) is 4.57 Å². The minimum atomic E-state index is -0.155. The molecule has 2 aliphatic carbocycles. The number of hydrogen-bond acceptors (Lipinski definition) is 0. The van der Waals surface area contributed by atoms with Crippen molar-refractivity contribution in [1.29, 1.82) is 0 Å². The van der Waals surface area contributed by atoms with Gasteiger partial charge in [-0.1, -0.05) is 91.0 Å². The number of rotatable bonds is 3. The summed E-state index contributed by atoms with van der Waals surface area (Å²) >= 11 is 0. The predicted molar refractivity (Wildman–Crippen MR) is 125 cm³/mol. The van der Waals surface area contributed by atoms with E-state index in [1.165, 1.54) is 46.1 Å². The molecular formula is C29H27N. The molecule has 1 heterocycles. The Hall–Kier alpha value is -3.06. The first-order chi connectivity index (χ1) is 14.7. The maximum atomic E-state index is 2.56. The van der Waals surface area contributed by atoms with Gasteiger partial charge < -0.3 is 4.57 Å². The van der Waals surface area contributed by atoms with Gasteiger partial charge in [0.1, 0.15) is 0 Å². The fourth-order valence-electron chi connectivity index (χ4n) is 5.97. The van der Waals surface area contributed by atoms with Crippen LogP contribution in [-0.4, -0.2) is 4.57 Å². The lowest BCUT2D eigenvalue weighted by molar-refractivity contribution is 0.505. The van der Waals surface area contributed by atoms with Crippen LogP contribution in [0.2, 0.25) is 0 Å². The SMILES string of the molecule is Cn1c2c(c3ccccc31)C(c1ccccc1)(C1CC1)C=CC2(C)c1ccccc1. The molecule has 0 radical (unpaired) electrons. The van der Waals surface area contributed by atoms with Crippen LogP contribution in [0.25, 0.3) is 10.9 Å². The molecule has 148 valence electrons. The number of hydrogen-bond donors (Lipinski definition) is 0. The third-order valence-corrected chi connectivity index (χ3v) is 7.54. The highest BCUT2D eigenvalue weighted by molar-refractivity contribution is 5.90. The summed E-state index contributed by atoms with van der Waals surface area (Å²) in [6.45, 7) is 2.39. The molecule has 1 saturated carbocycles. The lowest BCUT2D eigenvalue weighted by Gasteiger charge is -2.42. The highest BCUT2D eigenvalue weighted by Crippen LogP contribution is 2.59. The molecule has 2 unspecified atom stereocenters. The van der Waals surface area contributed by atoms with Crippen LogP contribution >= 0.6 is 0 Å². The maximum Gasteiger partial charge on any atom is 0.0510 e. The second-order valence-electron chi connectivity index (χ2n) is 9.21. The second-order valence-corrected chi connectivity index (χ2v) is 9.21. The minimum Gasteiger partial charge on any atom is -0.346 e. The molecule has 0 aliphatic heterocycles. The Bertz CT molecular complexity index is 1260. The summed E-state index contributed by atoms with van der Waals surface area (Å²) in [6, 6.07) is 31.2. The summed E-state index contributed by atoms with van der Waals surface area (Å²) < 4.78 is 2.46. The Morgan fingerprint density at radius 1 is 0.733 bits per heavy atom. The average Bonchev–Trinajstić information content (AvgIpc) is 3.61. The van der Waals surface area contributed by atoms with Gasteiger partial charge in [0.15, 0.2) is 0 Å². The van der Waals surface area contributed by atoms with E-state index in [9.17, 15) is 0 Å². The quantitative estimate of drug-likeness (QED) is 0.342. The van der Waals surface area contributed by atoms with Gasteiger partial charge in [0.05, 0.1) is 5.41 Å². The standard InChI is InChI=1S/C29H27N/c1-28(21-11-5-3-6-12-21)19-20-29(23-17-18-23,22-13-7-4-8-14-22)26-24-15-9-10-16-25(24)30(2)27(26)28/h3-16,19-20,23H,17-18H2,1-2H3. The summed E-state index contributed by atoms with van der Waals surface area (Å²) in [5.41, 5.74) is 6.86. The van der Waals surface area contributed by atoms with Gasteiger partial charge in [0.2, 0.25) is 0 Å². The summed E-state index contributed by atoms with van der Waals surface area (Å²) in [4.78, 5) is 0. The van der Waals surface area contributed by atoms with Gasteiger partial charge in [-0.15, -0.1) is 0 Å². The molecule has 0 N–H and O–H groups in total. The molecule has 1 fully saturated rings. The van der Waals surface area contributed by atoms with Crippen LogP contribution in [0.15, 0.2) is 97.1 Å². The molecule has 1 aromatic heterocycles. The zero-order valence-electron chi connectivity index (χ0n) is 17.7. The molecule has 2 aliphatic rings. The van der Waals surface area contributed by atoms with Gasteiger partial charge in [0, 0.05) is 29.1 Å². The molecule has 0 bridgehead atoms. The van der Waals surface area contributed by atoms with E-state index in [1.54, 1.807) is 0 Å². The first-order valence-corrected chi connectivity index (χ1v) is 11.1. The Morgan fingerprint density at radius 3 is 2.00 bits per heavy atom. The molecule has 0 spiro atoms. The van der Waals surface area contributed by atoms with Crippen LogP contribution in [0.3, 0.4) is 0 Å². The fourth-order valence-corrected chi connectivity index (χ4v) is 5.97. The Labute approximate surface area is 178 Å². The van der Waals surface area contributed by atoms with Gasteiger partial charge in [-0.25, -0.2) is 0 Å². The average molecular weight is 390 g/mol. The van der Waals surface area contributed by atoms with Gasteiger partial charge >= 0.3 is 0 Å². The number of nitrogens with zero attached hydrogens (tertiary/aromatic N) is 1. The van der Waals surface area contributed by atoms with Crippen molar-refractivity contribution in [3.8, 4) is 0 Å². The molecular weight excluding hydrogens is 362 g/mol. The molecule has 4 aromatic rings. The molecule has 0 amide bonds. The van der Waals surface area contributed by atoms with Gasteiger partial charge in [-0.05, 0) is 48.4 Å². The Balaban J connectivity index is 1.76. The smallest absolute Gasteiger partial charge is 0.0510 e. The largest absolute Gasteiger partial charge is 0.346 e. The topological polar surface area (TPSA) is 4.93 Å². The zero-order chi connectivity index (χ0) is 20.3. The molecule has 2 atom stereocenters. The van der Waals surface area contributed by atoms with Crippen LogP contribution in [0, 0.1) is 5.92 Å². The Kier molecular flexibility index (Phi) is 3.68. The lowest BCUT2D eigenvalue weighted by atomic mass is 9.61. The molecule has 3 aromatic carbocycles. The third-order valence-electron chi connectivity index (χ3n) is 7.54. The fraction of sp³-hybridized carbons (Fsp3) is 0.241. The monoisotopic (exact) mass is 389 g/mol. The molecule has 0 saturated heterocycles. The van der Waals surface area contributed by atoms with Gasteiger partial charge in [0.25, 0.3) is 0 Å². The summed E-state index contributed by atoms with van der Waals surface area (Å²) in [7, 11) is 2.25. The molecule has 30 heavy (non-hydrogen) atoms. The van der Waals surface area contributed by atoms with E-state index in [0.29, 0.717) is 5.92 Å². The third kappa shape index (κ3) is 2.24. The van der Waals surface area contributed by atoms with Gasteiger partial charge in [-0.3, -0.25) is 0 Å². The lowest BCUT2D eigenvalue weighted by Crippen LogP contribution is -2.38. The van der Waals surface area contributed by atoms with E-state index in [1.807, 2.05) is 0 Å². The van der Waals surface area contributed by atoms with E-state index in [0.717, 1.165) is 0 Å². The highest BCUT2D eigenvalue weighted by atomic mass is 15.0. The number of aromatic nitrogens is 1. The Morgan fingerprint density at radius 2 is 1.33 bits per heavy atom. The van der Waals surface area contributed by atoms with Crippen LogP contribution in [0.1, 0.15) is 42.1 Å². The first kappa shape index (κ1) is 17.8. The number of aryl methyl sites for hydroxylation is 1. The van der Waals surface area contributed by atoms with Crippen molar-refractivity contribution < 1.29 is 0 Å². The van der Waals surface area contributed by atoms with Crippen molar-refractivity contribution in [3.05, 3.63) is 119 Å². The number of para-hydroxylation sites is 1. The second kappa shape index (κ2) is 6.22. The maximum absolute atomic E-state index is 2.56. The van der Waals surface area contributed by atoms with E-state index < -0.39 is 0 Å². The van der Waals surface area contributed by atoms with E-state index in [4.69, 9.17) is 0 Å². The predicted octanol–water partition coefficient (Wildman–Crippen LogP) is 6.75. The van der Waals surface area contributed by atoms with Crippen LogP contribution in [0.4, 0.5) is 0 Å². The normalized spacial score (nSPS) is 25.4. The van der Waals surface area contributed by atoms with Crippen LogP contribution in [0.5, 0.6) is 0 Å². The van der Waals surface area contributed by atoms with Crippen LogP contribution in [-0.2, 0) is 17.9 Å². The van der Waals surface area contributed by atoms with Crippen molar-refractivity contribution in [2.45, 2.75) is 30.6 Å². The van der Waals surface area contributed by atoms with E-state index in [-0.39, 0.29) is 10.8 Å². The number of allylic oxidation sites excluding steroid dienone is 2. The van der Waals surface area contributed by atoms with E-state index >= 15 is 0 Å². The number of fused-ring (bicyclic) bond motifs is 3. The first-order valence-electron chi connectivity index (χ1n) is 11.1. The van der Waals surface area contributed by atoms with E-state index in [2.05, 4.69) is 116 Å². The highest BCUT2D eigenvalue weighted by Gasteiger charge is 2.53. The van der Waals surface area contributed by atoms with Crippen molar-refractivity contribution in [3.63, 3.8) is 0 Å².